The molecular weight excluding hydrogens is 397 g/mol. The third kappa shape index (κ3) is 4.30. The molecule has 1 N–H and O–H groups in total. The van der Waals surface area contributed by atoms with Crippen LogP contribution in [0.3, 0.4) is 0 Å². The van der Waals surface area contributed by atoms with Crippen LogP contribution in [0.2, 0.25) is 5.02 Å². The number of hydrogen-bond acceptors (Lipinski definition) is 4. The summed E-state index contributed by atoms with van der Waals surface area (Å²) in [6, 6.07) is 4.57. The van der Waals surface area contributed by atoms with Crippen molar-refractivity contribution in [1.29, 1.82) is 15.8 Å². The van der Waals surface area contributed by atoms with E-state index in [2.05, 4.69) is 0 Å². The monoisotopic (exact) mass is 399 g/mol. The predicted molar refractivity (Wildman–Crippen MR) is 78.8 cm³/mol. The standard InChI is InChI=1S/C8H2ClF2NO2.C8HF3N2/c9-6-4(2-12)7(11)3(8(13)14)1-5(6)10;9-6-1-4(2-12)7(10)5(3-13)8(6)11/h1H,(H,13,14);1H. The van der Waals surface area contributed by atoms with Crippen LogP contribution >= 0.6 is 11.6 Å². The van der Waals surface area contributed by atoms with E-state index in [1.807, 2.05) is 0 Å². The minimum atomic E-state index is -1.66. The van der Waals surface area contributed by atoms with Gasteiger partial charge < -0.3 is 5.11 Å². The summed E-state index contributed by atoms with van der Waals surface area (Å²) in [5.41, 5.74) is -3.47. The number of hydrogen-bond donors (Lipinski definition) is 1. The molecule has 0 aliphatic carbocycles. The molecular formula is C16H3ClF5N3O2. The molecule has 27 heavy (non-hydrogen) atoms. The van der Waals surface area contributed by atoms with Crippen molar-refractivity contribution in [3.05, 3.63) is 68.5 Å². The van der Waals surface area contributed by atoms with Crippen molar-refractivity contribution in [2.75, 3.05) is 0 Å². The molecule has 0 aliphatic rings. The largest absolute Gasteiger partial charge is 0.478 e. The first kappa shape index (κ1) is 21.4. The summed E-state index contributed by atoms with van der Waals surface area (Å²) in [7, 11) is 0. The van der Waals surface area contributed by atoms with Crippen LogP contribution < -0.4 is 0 Å². The topological polar surface area (TPSA) is 109 Å². The van der Waals surface area contributed by atoms with Crippen molar-refractivity contribution in [3.8, 4) is 18.2 Å². The zero-order valence-electron chi connectivity index (χ0n) is 12.6. The van der Waals surface area contributed by atoms with Crippen molar-refractivity contribution in [2.24, 2.45) is 0 Å². The van der Waals surface area contributed by atoms with Gasteiger partial charge in [0.1, 0.15) is 35.2 Å². The number of nitriles is 3. The molecule has 0 saturated carbocycles. The van der Waals surface area contributed by atoms with E-state index in [1.54, 1.807) is 0 Å². The maximum Gasteiger partial charge on any atom is 0.338 e. The van der Waals surface area contributed by atoms with E-state index in [0.717, 1.165) is 6.07 Å². The molecule has 0 amide bonds. The summed E-state index contributed by atoms with van der Waals surface area (Å²) in [6.45, 7) is 0. The van der Waals surface area contributed by atoms with E-state index in [4.69, 9.17) is 32.5 Å². The first-order valence-corrected chi connectivity index (χ1v) is 6.77. The number of rotatable bonds is 1. The predicted octanol–water partition coefficient (Wildman–Crippen LogP) is 4.04. The van der Waals surface area contributed by atoms with Crippen LogP contribution in [-0.4, -0.2) is 11.1 Å². The number of halogens is 6. The summed E-state index contributed by atoms with van der Waals surface area (Å²) in [6.07, 6.45) is 0. The molecule has 0 aliphatic heterocycles. The lowest BCUT2D eigenvalue weighted by Gasteiger charge is -2.02. The summed E-state index contributed by atoms with van der Waals surface area (Å²) < 4.78 is 64.0. The molecule has 2 aromatic carbocycles. The highest BCUT2D eigenvalue weighted by molar-refractivity contribution is 6.32. The molecule has 11 heteroatoms. The number of carbonyl (C=O) groups is 1. The summed E-state index contributed by atoms with van der Waals surface area (Å²) in [4.78, 5) is 10.4. The fourth-order valence-corrected chi connectivity index (χ4v) is 1.82. The Morgan fingerprint density at radius 3 is 1.85 bits per heavy atom. The average molecular weight is 400 g/mol. The van der Waals surface area contributed by atoms with Crippen molar-refractivity contribution >= 4 is 17.6 Å². The third-order valence-corrected chi connectivity index (χ3v) is 3.26. The highest BCUT2D eigenvalue weighted by Crippen LogP contribution is 2.25. The SMILES string of the molecule is N#Cc1c(F)c(C(=O)O)cc(F)c1Cl.N#Cc1cc(F)c(F)c(C#N)c1F. The van der Waals surface area contributed by atoms with Crippen LogP contribution in [0.5, 0.6) is 0 Å². The van der Waals surface area contributed by atoms with Gasteiger partial charge in [-0.2, -0.15) is 15.8 Å². The van der Waals surface area contributed by atoms with Gasteiger partial charge in [0.2, 0.25) is 0 Å². The quantitative estimate of drug-likeness (QED) is 0.575. The van der Waals surface area contributed by atoms with Crippen LogP contribution in [-0.2, 0) is 0 Å². The van der Waals surface area contributed by atoms with Crippen LogP contribution in [0.25, 0.3) is 0 Å². The lowest BCUT2D eigenvalue weighted by atomic mass is 10.1. The molecule has 2 rings (SSSR count). The second kappa shape index (κ2) is 8.61. The van der Waals surface area contributed by atoms with Gasteiger partial charge in [-0.3, -0.25) is 0 Å². The van der Waals surface area contributed by atoms with Crippen LogP contribution in [0.4, 0.5) is 22.0 Å². The second-order valence-corrected chi connectivity index (χ2v) is 4.84. The maximum absolute atomic E-state index is 13.1. The molecule has 0 bridgehead atoms. The molecule has 0 aromatic heterocycles. The molecule has 5 nitrogen and oxygen atoms in total. The van der Waals surface area contributed by atoms with Crippen molar-refractivity contribution in [3.63, 3.8) is 0 Å². The molecule has 0 fully saturated rings. The van der Waals surface area contributed by atoms with E-state index >= 15 is 0 Å². The van der Waals surface area contributed by atoms with Gasteiger partial charge in [0.05, 0.1) is 16.1 Å². The number of carboxylic acids is 1. The second-order valence-electron chi connectivity index (χ2n) is 4.46. The van der Waals surface area contributed by atoms with Crippen LogP contribution in [0, 0.1) is 63.1 Å². The molecule has 2 aromatic rings. The average Bonchev–Trinajstić information content (AvgIpc) is 2.62. The smallest absolute Gasteiger partial charge is 0.338 e. The van der Waals surface area contributed by atoms with Crippen LogP contribution in [0.1, 0.15) is 27.0 Å². The van der Waals surface area contributed by atoms with Gasteiger partial charge in [0.15, 0.2) is 23.3 Å². The van der Waals surface area contributed by atoms with E-state index in [-0.39, 0.29) is 0 Å². The summed E-state index contributed by atoms with van der Waals surface area (Å²) >= 11 is 5.24. The molecule has 0 heterocycles. The molecule has 0 radical (unpaired) electrons. The molecule has 0 spiro atoms. The Balaban J connectivity index is 0.000000271. The van der Waals surface area contributed by atoms with Crippen molar-refractivity contribution in [1.82, 2.24) is 0 Å². The zero-order chi connectivity index (χ0) is 20.9. The minimum absolute atomic E-state index is 0.408. The molecule has 136 valence electrons. The van der Waals surface area contributed by atoms with E-state index < -0.39 is 62.3 Å². The van der Waals surface area contributed by atoms with Gasteiger partial charge in [-0.1, -0.05) is 11.6 Å². The zero-order valence-corrected chi connectivity index (χ0v) is 13.4. The Bertz CT molecular complexity index is 1070. The molecule has 0 saturated heterocycles. The van der Waals surface area contributed by atoms with Crippen LogP contribution in [0.15, 0.2) is 12.1 Å². The van der Waals surface area contributed by atoms with Crippen molar-refractivity contribution in [2.45, 2.75) is 0 Å². The van der Waals surface area contributed by atoms with Gasteiger partial charge in [0, 0.05) is 0 Å². The molecule has 0 atom stereocenters. The summed E-state index contributed by atoms with van der Waals surface area (Å²) in [5, 5.41) is 32.6. The van der Waals surface area contributed by atoms with Gasteiger partial charge in [-0.15, -0.1) is 0 Å². The normalized spacial score (nSPS) is 9.30. The number of aromatic carboxylic acids is 1. The minimum Gasteiger partial charge on any atom is -0.478 e. The van der Waals surface area contributed by atoms with Gasteiger partial charge in [-0.05, 0) is 12.1 Å². The summed E-state index contributed by atoms with van der Waals surface area (Å²) in [5.74, 6) is -8.43. The Morgan fingerprint density at radius 1 is 0.852 bits per heavy atom. The van der Waals surface area contributed by atoms with Crippen molar-refractivity contribution < 1.29 is 31.9 Å². The first-order chi connectivity index (χ1) is 12.6. The highest BCUT2D eigenvalue weighted by atomic mass is 35.5. The number of carboxylic acid groups (broad SMARTS) is 1. The molecule has 0 unspecified atom stereocenters. The third-order valence-electron chi connectivity index (χ3n) is 2.89. The Kier molecular flexibility index (Phi) is 6.82. The van der Waals surface area contributed by atoms with Gasteiger partial charge in [-0.25, -0.2) is 26.7 Å². The Morgan fingerprint density at radius 2 is 1.41 bits per heavy atom. The number of benzene rings is 2. The van der Waals surface area contributed by atoms with E-state index in [1.165, 1.54) is 12.1 Å². The lowest BCUT2D eigenvalue weighted by Crippen LogP contribution is -2.04. The maximum atomic E-state index is 13.1. The fourth-order valence-electron chi connectivity index (χ4n) is 1.64. The van der Waals surface area contributed by atoms with Gasteiger partial charge in [0.25, 0.3) is 0 Å². The first-order valence-electron chi connectivity index (χ1n) is 6.39. The van der Waals surface area contributed by atoms with Gasteiger partial charge >= 0.3 is 5.97 Å². The van der Waals surface area contributed by atoms with E-state index in [0.29, 0.717) is 12.1 Å². The lowest BCUT2D eigenvalue weighted by molar-refractivity contribution is 0.0691. The number of nitrogens with zero attached hydrogens (tertiary/aromatic N) is 3. The fraction of sp³-hybridized carbons (Fsp3) is 0. The Hall–Kier alpha value is -3.68. The Labute approximate surface area is 152 Å². The highest BCUT2D eigenvalue weighted by Gasteiger charge is 2.21. The van der Waals surface area contributed by atoms with E-state index in [9.17, 15) is 26.7 Å².